The van der Waals surface area contributed by atoms with Crippen LogP contribution in [-0.2, 0) is 11.3 Å². The number of aryl methyl sites for hydroxylation is 1. The first-order valence-electron chi connectivity index (χ1n) is 7.48. The van der Waals surface area contributed by atoms with Crippen molar-refractivity contribution in [2.45, 2.75) is 44.4 Å². The molecule has 0 bridgehead atoms. The Labute approximate surface area is 123 Å². The van der Waals surface area contributed by atoms with E-state index in [2.05, 4.69) is 15.0 Å². The van der Waals surface area contributed by atoms with Gasteiger partial charge < -0.3 is 13.7 Å². The van der Waals surface area contributed by atoms with Crippen LogP contribution in [0.4, 0.5) is 0 Å². The third-order valence-corrected chi connectivity index (χ3v) is 4.45. The fourth-order valence-corrected chi connectivity index (χ4v) is 3.50. The van der Waals surface area contributed by atoms with E-state index in [0.29, 0.717) is 11.9 Å². The minimum atomic E-state index is 0.237. The van der Waals surface area contributed by atoms with Crippen molar-refractivity contribution in [1.29, 1.82) is 0 Å². The molecule has 2 fully saturated rings. The molecule has 2 aromatic rings. The van der Waals surface area contributed by atoms with Crippen LogP contribution in [0.2, 0.25) is 0 Å². The molecule has 2 aliphatic heterocycles. The van der Waals surface area contributed by atoms with E-state index in [1.54, 1.807) is 6.26 Å². The van der Waals surface area contributed by atoms with Crippen molar-refractivity contribution in [2.24, 2.45) is 0 Å². The lowest BCUT2D eigenvalue weighted by molar-refractivity contribution is 0.00605. The number of ether oxygens (including phenoxy) is 1. The van der Waals surface area contributed by atoms with E-state index in [9.17, 15) is 0 Å². The molecular formula is C15H19N3O3. The fraction of sp³-hybridized carbons (Fsp3) is 0.600. The molecule has 2 aromatic heterocycles. The van der Waals surface area contributed by atoms with Crippen LogP contribution < -0.4 is 0 Å². The Morgan fingerprint density at radius 3 is 3.14 bits per heavy atom. The van der Waals surface area contributed by atoms with E-state index in [1.165, 1.54) is 0 Å². The molecule has 0 saturated carbocycles. The second kappa shape index (κ2) is 5.27. The summed E-state index contributed by atoms with van der Waals surface area (Å²) in [7, 11) is 0. The van der Waals surface area contributed by atoms with Gasteiger partial charge in [-0.2, -0.15) is 4.98 Å². The molecule has 2 aliphatic rings. The lowest BCUT2D eigenvalue weighted by Crippen LogP contribution is -2.48. The molecule has 6 heteroatoms. The van der Waals surface area contributed by atoms with E-state index in [4.69, 9.17) is 13.7 Å². The molecule has 0 N–H and O–H groups in total. The van der Waals surface area contributed by atoms with Crippen LogP contribution in [0.5, 0.6) is 0 Å². The highest BCUT2D eigenvalue weighted by Gasteiger charge is 2.42. The number of rotatable bonds is 3. The monoisotopic (exact) mass is 289 g/mol. The summed E-state index contributed by atoms with van der Waals surface area (Å²) in [4.78, 5) is 6.83. The summed E-state index contributed by atoms with van der Waals surface area (Å²) in [6, 6.07) is 4.42. The smallest absolute Gasteiger partial charge is 0.231 e. The van der Waals surface area contributed by atoms with E-state index < -0.39 is 0 Å². The number of likely N-dealkylation sites (tertiary alicyclic amines) is 1. The highest BCUT2D eigenvalue weighted by Crippen LogP contribution is 2.36. The molecule has 0 unspecified atom stereocenters. The normalized spacial score (nSPS) is 29.7. The molecule has 6 nitrogen and oxygen atoms in total. The molecule has 4 heterocycles. The van der Waals surface area contributed by atoms with Gasteiger partial charge in [0.15, 0.2) is 5.82 Å². The second-order valence-electron chi connectivity index (χ2n) is 5.89. The second-order valence-corrected chi connectivity index (χ2v) is 5.89. The molecule has 0 aromatic carbocycles. The van der Waals surface area contributed by atoms with Crippen LogP contribution in [0.25, 0.3) is 0 Å². The molecule has 112 valence electrons. The number of piperidine rings is 1. The first-order valence-corrected chi connectivity index (χ1v) is 7.48. The number of nitrogens with zero attached hydrogens (tertiary/aromatic N) is 3. The Balaban J connectivity index is 1.55. The topological polar surface area (TPSA) is 64.5 Å². The standard InChI is InChI=1S/C15H19N3O3/c1-10-16-15(21-17-10)11-7-14-13(4-6-20-14)18(8-11)9-12-3-2-5-19-12/h2-3,5,11,13-14H,4,6-9H2,1H3/t11-,13+,14+/m0/s1. The first kappa shape index (κ1) is 13.0. The van der Waals surface area contributed by atoms with E-state index in [1.807, 2.05) is 19.1 Å². The molecule has 3 atom stereocenters. The summed E-state index contributed by atoms with van der Waals surface area (Å²) in [6.45, 7) is 4.40. The highest BCUT2D eigenvalue weighted by atomic mass is 16.5. The molecule has 0 aliphatic carbocycles. The van der Waals surface area contributed by atoms with Crippen molar-refractivity contribution in [3.63, 3.8) is 0 Å². The fourth-order valence-electron chi connectivity index (χ4n) is 3.50. The predicted molar refractivity (Wildman–Crippen MR) is 73.7 cm³/mol. The Kier molecular flexibility index (Phi) is 3.27. The van der Waals surface area contributed by atoms with Crippen LogP contribution in [0, 0.1) is 6.92 Å². The van der Waals surface area contributed by atoms with Crippen LogP contribution in [0.3, 0.4) is 0 Å². The van der Waals surface area contributed by atoms with Crippen molar-refractivity contribution >= 4 is 0 Å². The van der Waals surface area contributed by atoms with Gasteiger partial charge in [-0.05, 0) is 31.9 Å². The minimum Gasteiger partial charge on any atom is -0.468 e. The maximum absolute atomic E-state index is 5.90. The Morgan fingerprint density at radius 2 is 2.38 bits per heavy atom. The largest absolute Gasteiger partial charge is 0.468 e. The van der Waals surface area contributed by atoms with E-state index in [0.717, 1.165) is 44.2 Å². The van der Waals surface area contributed by atoms with Gasteiger partial charge in [-0.3, -0.25) is 4.90 Å². The molecule has 2 saturated heterocycles. The van der Waals surface area contributed by atoms with Gasteiger partial charge in [0.1, 0.15) is 5.76 Å². The molecular weight excluding hydrogens is 270 g/mol. The van der Waals surface area contributed by atoms with Gasteiger partial charge in [0.25, 0.3) is 0 Å². The number of aromatic nitrogens is 2. The SMILES string of the molecule is Cc1noc([C@H]2C[C@H]3OCC[C@H]3N(Cc3ccco3)C2)n1. The Hall–Kier alpha value is -1.66. The lowest BCUT2D eigenvalue weighted by Gasteiger charge is -2.39. The Morgan fingerprint density at radius 1 is 1.43 bits per heavy atom. The van der Waals surface area contributed by atoms with Crippen molar-refractivity contribution in [3.8, 4) is 0 Å². The zero-order chi connectivity index (χ0) is 14.2. The zero-order valence-electron chi connectivity index (χ0n) is 12.1. The molecule has 21 heavy (non-hydrogen) atoms. The van der Waals surface area contributed by atoms with Crippen LogP contribution in [0.1, 0.15) is 36.2 Å². The van der Waals surface area contributed by atoms with Gasteiger partial charge in [-0.25, -0.2) is 0 Å². The zero-order valence-corrected chi connectivity index (χ0v) is 12.1. The van der Waals surface area contributed by atoms with Gasteiger partial charge >= 0.3 is 0 Å². The number of hydrogen-bond donors (Lipinski definition) is 0. The number of furan rings is 1. The van der Waals surface area contributed by atoms with Crippen molar-refractivity contribution in [1.82, 2.24) is 15.0 Å². The van der Waals surface area contributed by atoms with E-state index >= 15 is 0 Å². The maximum atomic E-state index is 5.90. The highest BCUT2D eigenvalue weighted by molar-refractivity contribution is 5.05. The summed E-state index contributed by atoms with van der Waals surface area (Å²) >= 11 is 0. The van der Waals surface area contributed by atoms with Gasteiger partial charge in [0, 0.05) is 19.2 Å². The van der Waals surface area contributed by atoms with Crippen LogP contribution >= 0.6 is 0 Å². The third kappa shape index (κ3) is 2.49. The number of fused-ring (bicyclic) bond motifs is 1. The van der Waals surface area contributed by atoms with Crippen LogP contribution in [-0.4, -0.2) is 40.3 Å². The predicted octanol–water partition coefficient (Wildman–Crippen LogP) is 2.12. The quantitative estimate of drug-likeness (QED) is 0.862. The maximum Gasteiger partial charge on any atom is 0.231 e. The Bertz CT molecular complexity index is 595. The lowest BCUT2D eigenvalue weighted by atomic mass is 9.90. The third-order valence-electron chi connectivity index (χ3n) is 4.45. The first-order chi connectivity index (χ1) is 10.3. The number of hydrogen-bond acceptors (Lipinski definition) is 6. The molecule has 0 radical (unpaired) electrons. The average Bonchev–Trinajstić information content (AvgIpc) is 3.18. The van der Waals surface area contributed by atoms with Gasteiger partial charge in [-0.15, -0.1) is 0 Å². The molecule has 4 rings (SSSR count). The molecule has 0 spiro atoms. The minimum absolute atomic E-state index is 0.237. The van der Waals surface area contributed by atoms with Crippen molar-refractivity contribution < 1.29 is 13.7 Å². The van der Waals surface area contributed by atoms with Gasteiger partial charge in [-0.1, -0.05) is 5.16 Å². The van der Waals surface area contributed by atoms with E-state index in [-0.39, 0.29) is 12.0 Å². The van der Waals surface area contributed by atoms with Crippen molar-refractivity contribution in [2.75, 3.05) is 13.2 Å². The summed E-state index contributed by atoms with van der Waals surface area (Å²) in [6.07, 6.45) is 4.02. The average molecular weight is 289 g/mol. The van der Waals surface area contributed by atoms with Gasteiger partial charge in [0.05, 0.1) is 24.8 Å². The summed E-state index contributed by atoms with van der Waals surface area (Å²) < 4.78 is 16.8. The van der Waals surface area contributed by atoms with Crippen molar-refractivity contribution in [3.05, 3.63) is 35.9 Å². The summed E-state index contributed by atoms with van der Waals surface area (Å²) in [5, 5.41) is 3.91. The molecule has 0 amide bonds. The summed E-state index contributed by atoms with van der Waals surface area (Å²) in [5.41, 5.74) is 0. The van der Waals surface area contributed by atoms with Crippen LogP contribution in [0.15, 0.2) is 27.3 Å². The summed E-state index contributed by atoms with van der Waals surface area (Å²) in [5.74, 6) is 2.64. The van der Waals surface area contributed by atoms with Gasteiger partial charge in [0.2, 0.25) is 5.89 Å².